The van der Waals surface area contributed by atoms with Crippen LogP contribution >= 0.6 is 0 Å². The van der Waals surface area contributed by atoms with Crippen molar-refractivity contribution in [3.05, 3.63) is 71.7 Å². The van der Waals surface area contributed by atoms with Gasteiger partial charge in [0.25, 0.3) is 5.91 Å². The van der Waals surface area contributed by atoms with Gasteiger partial charge in [0.05, 0.1) is 24.2 Å². The van der Waals surface area contributed by atoms with E-state index in [1.54, 1.807) is 27.9 Å². The van der Waals surface area contributed by atoms with E-state index in [4.69, 9.17) is 9.15 Å². The lowest BCUT2D eigenvalue weighted by Crippen LogP contribution is -2.42. The van der Waals surface area contributed by atoms with E-state index in [0.717, 1.165) is 28.1 Å². The molecule has 1 aliphatic rings. The second-order valence-electron chi connectivity index (χ2n) is 7.40. The molecule has 0 spiro atoms. The van der Waals surface area contributed by atoms with E-state index >= 15 is 0 Å². The average Bonchev–Trinajstić information content (AvgIpc) is 3.35. The van der Waals surface area contributed by atoms with Crippen LogP contribution in [0.1, 0.15) is 33.7 Å². The van der Waals surface area contributed by atoms with Crippen molar-refractivity contribution in [1.29, 1.82) is 0 Å². The molecule has 4 aromatic heterocycles. The molecule has 30 heavy (non-hydrogen) atoms. The molecule has 1 aliphatic heterocycles. The Kier molecular flexibility index (Phi) is 4.55. The van der Waals surface area contributed by atoms with Gasteiger partial charge in [0.2, 0.25) is 0 Å². The SMILES string of the molecule is Cc1cc(C(=O)N2CCOC(c3nnn4cc(-c5ccncc5)ccc34)C2)c(C)o1. The summed E-state index contributed by atoms with van der Waals surface area (Å²) >= 11 is 0. The number of amides is 1. The number of pyridine rings is 2. The van der Waals surface area contributed by atoms with Crippen LogP contribution in [-0.2, 0) is 4.74 Å². The molecule has 0 aromatic carbocycles. The van der Waals surface area contributed by atoms with Crippen LogP contribution in [0.4, 0.5) is 0 Å². The van der Waals surface area contributed by atoms with E-state index in [0.29, 0.717) is 31.0 Å². The zero-order chi connectivity index (χ0) is 20.7. The maximum Gasteiger partial charge on any atom is 0.257 e. The number of morpholine rings is 1. The lowest BCUT2D eigenvalue weighted by atomic mass is 10.1. The number of hydrogen-bond donors (Lipinski definition) is 0. The van der Waals surface area contributed by atoms with Gasteiger partial charge in [-0.05, 0) is 43.7 Å². The minimum atomic E-state index is -0.333. The van der Waals surface area contributed by atoms with Gasteiger partial charge in [-0.2, -0.15) is 0 Å². The van der Waals surface area contributed by atoms with Gasteiger partial charge in [0.1, 0.15) is 23.3 Å². The number of furan rings is 1. The van der Waals surface area contributed by atoms with Crippen LogP contribution in [0.25, 0.3) is 16.6 Å². The van der Waals surface area contributed by atoms with Crippen LogP contribution in [-0.4, -0.2) is 50.3 Å². The number of carbonyl (C=O) groups excluding carboxylic acids is 1. The van der Waals surface area contributed by atoms with E-state index in [9.17, 15) is 4.79 Å². The van der Waals surface area contributed by atoms with Crippen molar-refractivity contribution in [1.82, 2.24) is 24.7 Å². The van der Waals surface area contributed by atoms with E-state index in [2.05, 4.69) is 15.3 Å². The molecule has 5 rings (SSSR count). The molecule has 8 nitrogen and oxygen atoms in total. The predicted molar refractivity (Wildman–Crippen MR) is 109 cm³/mol. The second-order valence-corrected chi connectivity index (χ2v) is 7.40. The number of nitrogens with zero attached hydrogens (tertiary/aromatic N) is 5. The molecular formula is C22H21N5O3. The first kappa shape index (κ1) is 18.5. The number of hydrogen-bond acceptors (Lipinski definition) is 6. The van der Waals surface area contributed by atoms with Gasteiger partial charge < -0.3 is 14.1 Å². The fourth-order valence-electron chi connectivity index (χ4n) is 3.87. The highest BCUT2D eigenvalue weighted by Crippen LogP contribution is 2.27. The smallest absolute Gasteiger partial charge is 0.257 e. The maximum atomic E-state index is 13.0. The van der Waals surface area contributed by atoms with Crippen molar-refractivity contribution in [3.63, 3.8) is 0 Å². The van der Waals surface area contributed by atoms with Crippen LogP contribution in [0.2, 0.25) is 0 Å². The summed E-state index contributed by atoms with van der Waals surface area (Å²) in [7, 11) is 0. The van der Waals surface area contributed by atoms with Crippen molar-refractivity contribution in [2.75, 3.05) is 19.7 Å². The minimum Gasteiger partial charge on any atom is -0.466 e. The molecule has 1 saturated heterocycles. The van der Waals surface area contributed by atoms with E-state index in [-0.39, 0.29) is 12.0 Å². The molecule has 0 N–H and O–H groups in total. The molecule has 0 radical (unpaired) electrons. The van der Waals surface area contributed by atoms with Crippen molar-refractivity contribution < 1.29 is 13.9 Å². The van der Waals surface area contributed by atoms with Crippen molar-refractivity contribution >= 4 is 11.4 Å². The number of fused-ring (bicyclic) bond motifs is 1. The summed E-state index contributed by atoms with van der Waals surface area (Å²) in [5.74, 6) is 1.32. The van der Waals surface area contributed by atoms with Crippen LogP contribution in [0, 0.1) is 13.8 Å². The van der Waals surface area contributed by atoms with Crippen molar-refractivity contribution in [3.8, 4) is 11.1 Å². The van der Waals surface area contributed by atoms with E-state index < -0.39 is 0 Å². The lowest BCUT2D eigenvalue weighted by Gasteiger charge is -2.32. The highest BCUT2D eigenvalue weighted by Gasteiger charge is 2.30. The third-order valence-electron chi connectivity index (χ3n) is 5.38. The van der Waals surface area contributed by atoms with Crippen molar-refractivity contribution in [2.45, 2.75) is 20.0 Å². The van der Waals surface area contributed by atoms with Crippen LogP contribution in [0.3, 0.4) is 0 Å². The molecule has 1 unspecified atom stereocenters. The summed E-state index contributed by atoms with van der Waals surface area (Å²) in [5, 5.41) is 8.64. The number of rotatable bonds is 3. The number of ether oxygens (including phenoxy) is 1. The molecule has 0 saturated carbocycles. The Labute approximate surface area is 173 Å². The zero-order valence-electron chi connectivity index (χ0n) is 16.8. The largest absolute Gasteiger partial charge is 0.466 e. The van der Waals surface area contributed by atoms with E-state index in [1.165, 1.54) is 0 Å². The maximum absolute atomic E-state index is 13.0. The van der Waals surface area contributed by atoms with E-state index in [1.807, 2.05) is 44.3 Å². The zero-order valence-corrected chi connectivity index (χ0v) is 16.8. The predicted octanol–water partition coefficient (Wildman–Crippen LogP) is 3.21. The Morgan fingerprint density at radius 1 is 1.13 bits per heavy atom. The minimum absolute atomic E-state index is 0.0471. The van der Waals surface area contributed by atoms with Gasteiger partial charge in [0.15, 0.2) is 0 Å². The van der Waals surface area contributed by atoms with Crippen molar-refractivity contribution in [2.24, 2.45) is 0 Å². The fraction of sp³-hybridized carbons (Fsp3) is 0.273. The molecule has 0 bridgehead atoms. The molecular weight excluding hydrogens is 382 g/mol. The lowest BCUT2D eigenvalue weighted by molar-refractivity contribution is -0.0241. The normalized spacial score (nSPS) is 16.9. The molecule has 1 fully saturated rings. The molecule has 8 heteroatoms. The molecule has 0 aliphatic carbocycles. The first-order valence-electron chi connectivity index (χ1n) is 9.83. The Bertz CT molecular complexity index is 1210. The summed E-state index contributed by atoms with van der Waals surface area (Å²) in [6, 6.07) is 9.70. The van der Waals surface area contributed by atoms with Crippen LogP contribution < -0.4 is 0 Å². The topological polar surface area (TPSA) is 85.8 Å². The third-order valence-corrected chi connectivity index (χ3v) is 5.38. The summed E-state index contributed by atoms with van der Waals surface area (Å²) in [4.78, 5) is 18.8. The van der Waals surface area contributed by atoms with Gasteiger partial charge in [-0.1, -0.05) is 11.3 Å². The standard InChI is InChI=1S/C22H21N5O3/c1-14-11-18(15(2)30-14)22(28)26-9-10-29-20(13-26)21-19-4-3-17(12-27(19)25-24-21)16-5-7-23-8-6-16/h3-8,11-12,20H,9-10,13H2,1-2H3. The van der Waals surface area contributed by atoms with Crippen LogP contribution in [0.5, 0.6) is 0 Å². The highest BCUT2D eigenvalue weighted by atomic mass is 16.5. The first-order chi connectivity index (χ1) is 14.6. The first-order valence-corrected chi connectivity index (χ1v) is 9.83. The summed E-state index contributed by atoms with van der Waals surface area (Å²) in [6.45, 7) is 5.05. The molecule has 1 amide bonds. The summed E-state index contributed by atoms with van der Waals surface area (Å²) < 4.78 is 13.2. The Morgan fingerprint density at radius 3 is 2.73 bits per heavy atom. The van der Waals surface area contributed by atoms with Gasteiger partial charge >= 0.3 is 0 Å². The fourth-order valence-corrected chi connectivity index (χ4v) is 3.87. The molecule has 5 heterocycles. The average molecular weight is 403 g/mol. The quantitative estimate of drug-likeness (QED) is 0.522. The summed E-state index contributed by atoms with van der Waals surface area (Å²) in [5.41, 5.74) is 4.27. The molecule has 4 aromatic rings. The number of aromatic nitrogens is 4. The third kappa shape index (κ3) is 3.25. The number of aryl methyl sites for hydroxylation is 2. The summed E-state index contributed by atoms with van der Waals surface area (Å²) in [6.07, 6.45) is 5.12. The Hall–Kier alpha value is -3.52. The Balaban J connectivity index is 1.41. The molecule has 1 atom stereocenters. The van der Waals surface area contributed by atoms with Gasteiger partial charge in [-0.3, -0.25) is 9.78 Å². The van der Waals surface area contributed by atoms with Crippen LogP contribution in [0.15, 0.2) is 53.3 Å². The highest BCUT2D eigenvalue weighted by molar-refractivity contribution is 5.95. The van der Waals surface area contributed by atoms with Gasteiger partial charge in [-0.25, -0.2) is 4.52 Å². The van der Waals surface area contributed by atoms with Gasteiger partial charge in [0, 0.05) is 30.7 Å². The monoisotopic (exact) mass is 403 g/mol. The molecule has 152 valence electrons. The number of carbonyl (C=O) groups is 1. The Morgan fingerprint density at radius 2 is 1.97 bits per heavy atom. The second kappa shape index (κ2) is 7.38. The van der Waals surface area contributed by atoms with Gasteiger partial charge in [-0.15, -0.1) is 5.10 Å².